The lowest BCUT2D eigenvalue weighted by Crippen LogP contribution is -2.42. The molecule has 7 nitrogen and oxygen atoms in total. The Kier molecular flexibility index (Phi) is 10.2. The fourth-order valence-electron chi connectivity index (χ4n) is 4.62. The molecular formula is C26H33ClF2N4O3S2. The van der Waals surface area contributed by atoms with Crippen LogP contribution in [0.2, 0.25) is 0 Å². The third-order valence-corrected chi connectivity index (χ3v) is 9.92. The number of carbonyl (C=O) groups excluding carboxylic acids is 1. The second-order valence-corrected chi connectivity index (χ2v) is 12.1. The Morgan fingerprint density at radius 3 is 2.42 bits per heavy atom. The molecule has 1 amide bonds. The molecule has 4 rings (SSSR count). The third kappa shape index (κ3) is 6.34. The van der Waals surface area contributed by atoms with Crippen molar-refractivity contribution in [1.82, 2.24) is 14.2 Å². The SMILES string of the molecule is CCN(CC)CCN(C(=O)c1ccc(S(=O)(=O)N2CCCCC2C)cc1)c1nc2c(F)cc(F)cc2s1.Cl. The maximum Gasteiger partial charge on any atom is 0.260 e. The standard InChI is InChI=1S/C26H32F2N4O3S2.ClH/c1-4-30(5-2)14-15-31(26-29-24-22(28)16-20(27)17-23(24)36-26)25(33)19-9-11-21(12-10-19)37(34,35)32-13-7-6-8-18(32)3;/h9-12,16-18H,4-8,13-15H2,1-3H3;1H. The lowest BCUT2D eigenvalue weighted by atomic mass is 10.1. The molecule has 1 saturated heterocycles. The molecule has 38 heavy (non-hydrogen) atoms. The molecule has 0 N–H and O–H groups in total. The predicted octanol–water partition coefficient (Wildman–Crippen LogP) is 5.55. The van der Waals surface area contributed by atoms with E-state index in [4.69, 9.17) is 0 Å². The van der Waals surface area contributed by atoms with Crippen molar-refractivity contribution in [2.75, 3.05) is 37.6 Å². The summed E-state index contributed by atoms with van der Waals surface area (Å²) >= 11 is 1.04. The first-order valence-electron chi connectivity index (χ1n) is 12.6. The molecule has 208 valence electrons. The molecule has 1 aliphatic heterocycles. The number of rotatable bonds is 9. The van der Waals surface area contributed by atoms with Crippen LogP contribution in [-0.2, 0) is 10.0 Å². The number of carbonyl (C=O) groups is 1. The number of likely N-dealkylation sites (N-methyl/N-ethyl adjacent to an activating group) is 1. The number of aromatic nitrogens is 1. The monoisotopic (exact) mass is 586 g/mol. The van der Waals surface area contributed by atoms with Crippen molar-refractivity contribution >= 4 is 55.0 Å². The summed E-state index contributed by atoms with van der Waals surface area (Å²) < 4.78 is 56.3. The van der Waals surface area contributed by atoms with Crippen LogP contribution in [0.3, 0.4) is 0 Å². The van der Waals surface area contributed by atoms with Crippen LogP contribution in [-0.4, -0.2) is 67.3 Å². The van der Waals surface area contributed by atoms with Crippen LogP contribution in [0, 0.1) is 11.6 Å². The van der Waals surface area contributed by atoms with Crippen LogP contribution in [0.4, 0.5) is 13.9 Å². The number of nitrogens with zero attached hydrogens (tertiary/aromatic N) is 4. The summed E-state index contributed by atoms with van der Waals surface area (Å²) in [5, 5.41) is 0.260. The van der Waals surface area contributed by atoms with Crippen LogP contribution < -0.4 is 4.90 Å². The van der Waals surface area contributed by atoms with Gasteiger partial charge in [-0.15, -0.1) is 12.4 Å². The van der Waals surface area contributed by atoms with E-state index in [2.05, 4.69) is 9.88 Å². The number of hydrogen-bond donors (Lipinski definition) is 0. The second-order valence-electron chi connectivity index (χ2n) is 9.20. The molecule has 3 aromatic rings. The van der Waals surface area contributed by atoms with E-state index < -0.39 is 21.7 Å². The van der Waals surface area contributed by atoms with Gasteiger partial charge in [-0.3, -0.25) is 9.69 Å². The number of anilines is 1. The van der Waals surface area contributed by atoms with Gasteiger partial charge in [0.05, 0.1) is 9.60 Å². The Bertz CT molecular complexity index is 1360. The van der Waals surface area contributed by atoms with Gasteiger partial charge in [0, 0.05) is 37.3 Å². The minimum Gasteiger partial charge on any atom is -0.302 e. The summed E-state index contributed by atoms with van der Waals surface area (Å²) in [5.41, 5.74) is 0.301. The van der Waals surface area contributed by atoms with E-state index in [1.54, 1.807) is 0 Å². The summed E-state index contributed by atoms with van der Waals surface area (Å²) in [6.45, 7) is 8.87. The number of amides is 1. The number of thiazole rings is 1. The van der Waals surface area contributed by atoms with E-state index in [1.807, 2.05) is 20.8 Å². The summed E-state index contributed by atoms with van der Waals surface area (Å²) in [7, 11) is -3.67. The molecular weight excluding hydrogens is 554 g/mol. The molecule has 1 fully saturated rings. The first-order valence-corrected chi connectivity index (χ1v) is 14.8. The Morgan fingerprint density at radius 1 is 1.11 bits per heavy atom. The van der Waals surface area contributed by atoms with Crippen molar-refractivity contribution < 1.29 is 22.0 Å². The molecule has 2 aromatic carbocycles. The van der Waals surface area contributed by atoms with Crippen LogP contribution in [0.5, 0.6) is 0 Å². The first-order chi connectivity index (χ1) is 17.6. The van der Waals surface area contributed by atoms with E-state index in [0.29, 0.717) is 17.8 Å². The van der Waals surface area contributed by atoms with E-state index in [1.165, 1.54) is 39.5 Å². The minimum absolute atomic E-state index is 0. The van der Waals surface area contributed by atoms with Gasteiger partial charge in [-0.05, 0) is 63.2 Å². The average Bonchev–Trinajstić information content (AvgIpc) is 3.30. The Labute approximate surface area is 232 Å². The molecule has 1 aromatic heterocycles. The quantitative estimate of drug-likeness (QED) is 0.329. The smallest absolute Gasteiger partial charge is 0.260 e. The highest BCUT2D eigenvalue weighted by Crippen LogP contribution is 2.32. The number of halogens is 3. The molecule has 0 radical (unpaired) electrons. The van der Waals surface area contributed by atoms with Gasteiger partial charge < -0.3 is 4.90 Å². The average molecular weight is 587 g/mol. The van der Waals surface area contributed by atoms with Crippen molar-refractivity contribution in [1.29, 1.82) is 0 Å². The van der Waals surface area contributed by atoms with Gasteiger partial charge in [0.25, 0.3) is 5.91 Å². The molecule has 0 spiro atoms. The number of sulfonamides is 1. The van der Waals surface area contributed by atoms with Gasteiger partial charge in [-0.25, -0.2) is 22.2 Å². The second kappa shape index (κ2) is 12.8. The molecule has 1 atom stereocenters. The Hall–Kier alpha value is -2.18. The van der Waals surface area contributed by atoms with Crippen molar-refractivity contribution in [3.05, 3.63) is 53.6 Å². The predicted molar refractivity (Wildman–Crippen MR) is 150 cm³/mol. The molecule has 2 heterocycles. The highest BCUT2D eigenvalue weighted by molar-refractivity contribution is 7.89. The van der Waals surface area contributed by atoms with Crippen LogP contribution in [0.1, 0.15) is 50.4 Å². The zero-order valence-electron chi connectivity index (χ0n) is 21.7. The molecule has 0 saturated carbocycles. The number of hydrogen-bond acceptors (Lipinski definition) is 6. The normalized spacial score (nSPS) is 16.5. The largest absolute Gasteiger partial charge is 0.302 e. The Balaban J connectivity index is 0.00000400. The maximum absolute atomic E-state index is 14.3. The maximum atomic E-state index is 14.3. The van der Waals surface area contributed by atoms with Gasteiger partial charge in [0.15, 0.2) is 10.9 Å². The minimum atomic E-state index is -3.67. The summed E-state index contributed by atoms with van der Waals surface area (Å²) in [6.07, 6.45) is 2.66. The number of benzene rings is 2. The third-order valence-electron chi connectivity index (χ3n) is 6.86. The highest BCUT2D eigenvalue weighted by Gasteiger charge is 2.31. The van der Waals surface area contributed by atoms with E-state index in [0.717, 1.165) is 49.8 Å². The van der Waals surface area contributed by atoms with Crippen molar-refractivity contribution in [3.63, 3.8) is 0 Å². The fraction of sp³-hybridized carbons (Fsp3) is 0.462. The summed E-state index contributed by atoms with van der Waals surface area (Å²) in [4.78, 5) is 21.7. The van der Waals surface area contributed by atoms with Gasteiger partial charge in [-0.1, -0.05) is 31.6 Å². The fourth-order valence-corrected chi connectivity index (χ4v) is 7.34. The first kappa shape index (κ1) is 30.4. The molecule has 1 unspecified atom stereocenters. The molecule has 0 bridgehead atoms. The zero-order chi connectivity index (χ0) is 26.7. The van der Waals surface area contributed by atoms with Crippen LogP contribution in [0.15, 0.2) is 41.3 Å². The topological polar surface area (TPSA) is 73.8 Å². The Morgan fingerprint density at radius 2 is 1.79 bits per heavy atom. The van der Waals surface area contributed by atoms with Crippen molar-refractivity contribution in [2.24, 2.45) is 0 Å². The zero-order valence-corrected chi connectivity index (χ0v) is 24.1. The van der Waals surface area contributed by atoms with Crippen molar-refractivity contribution in [2.45, 2.75) is 51.0 Å². The number of fused-ring (bicyclic) bond motifs is 1. The van der Waals surface area contributed by atoms with Crippen LogP contribution in [0.25, 0.3) is 10.2 Å². The molecule has 1 aliphatic rings. The van der Waals surface area contributed by atoms with Crippen molar-refractivity contribution in [3.8, 4) is 0 Å². The van der Waals surface area contributed by atoms with Gasteiger partial charge in [-0.2, -0.15) is 4.31 Å². The lowest BCUT2D eigenvalue weighted by molar-refractivity contribution is 0.0983. The summed E-state index contributed by atoms with van der Waals surface area (Å²) in [6, 6.07) is 7.83. The number of piperidine rings is 1. The van der Waals surface area contributed by atoms with Gasteiger partial charge in [0.1, 0.15) is 11.3 Å². The molecule has 0 aliphatic carbocycles. The van der Waals surface area contributed by atoms with E-state index in [-0.39, 0.29) is 52.0 Å². The van der Waals surface area contributed by atoms with Gasteiger partial charge in [0.2, 0.25) is 10.0 Å². The highest BCUT2D eigenvalue weighted by atomic mass is 35.5. The van der Waals surface area contributed by atoms with Crippen LogP contribution >= 0.6 is 23.7 Å². The molecule has 12 heteroatoms. The van der Waals surface area contributed by atoms with Gasteiger partial charge >= 0.3 is 0 Å². The lowest BCUT2D eigenvalue weighted by Gasteiger charge is -2.32. The summed E-state index contributed by atoms with van der Waals surface area (Å²) in [5.74, 6) is -1.88. The van der Waals surface area contributed by atoms with E-state index >= 15 is 0 Å². The van der Waals surface area contributed by atoms with E-state index in [9.17, 15) is 22.0 Å².